The van der Waals surface area contributed by atoms with E-state index < -0.39 is 5.41 Å². The van der Waals surface area contributed by atoms with Crippen LogP contribution >= 0.6 is 11.6 Å². The highest BCUT2D eigenvalue weighted by atomic mass is 35.5. The molecule has 3 aliphatic rings. The van der Waals surface area contributed by atoms with Gasteiger partial charge in [-0.1, -0.05) is 66.2 Å². The van der Waals surface area contributed by atoms with Crippen molar-refractivity contribution in [3.63, 3.8) is 0 Å². The Kier molecular flexibility index (Phi) is 5.60. The van der Waals surface area contributed by atoms with Gasteiger partial charge >= 0.3 is 0 Å². The first-order valence-corrected chi connectivity index (χ1v) is 13.4. The molecule has 7 heteroatoms. The third-order valence-corrected chi connectivity index (χ3v) is 8.32. The fourth-order valence-corrected chi connectivity index (χ4v) is 6.17. The lowest BCUT2D eigenvalue weighted by molar-refractivity contribution is -0.122. The van der Waals surface area contributed by atoms with Gasteiger partial charge in [0.25, 0.3) is 5.91 Å². The molecule has 39 heavy (non-hydrogen) atoms. The molecule has 0 fully saturated rings. The Morgan fingerprint density at radius 1 is 0.897 bits per heavy atom. The molecule has 4 aromatic rings. The summed E-state index contributed by atoms with van der Waals surface area (Å²) >= 11 is 6.28. The standard InChI is InChI=1S/C32H25ClN2O4/c33-26-11-5-2-7-21(26)17-34-30(36)23-9-3-1-8-22(23)18-35-27-12-6-4-10-24(27)32(31(35)37)19-39-29-16-28-20(13-14-38-28)15-25(29)32/h1-12,15-16H,13-14,17-19H2,(H,34,36). The molecule has 0 aliphatic carbocycles. The van der Waals surface area contributed by atoms with Crippen LogP contribution in [-0.2, 0) is 29.7 Å². The number of para-hydroxylation sites is 1. The highest BCUT2D eigenvalue weighted by molar-refractivity contribution is 6.31. The van der Waals surface area contributed by atoms with Gasteiger partial charge in [0, 0.05) is 40.9 Å². The smallest absolute Gasteiger partial charge is 0.251 e. The molecule has 1 spiro atoms. The summed E-state index contributed by atoms with van der Waals surface area (Å²) in [6.45, 7) is 1.44. The van der Waals surface area contributed by atoms with Crippen LogP contribution in [0.5, 0.6) is 11.5 Å². The normalized spacial score (nSPS) is 18.4. The van der Waals surface area contributed by atoms with Crippen molar-refractivity contribution in [3.05, 3.63) is 123 Å². The van der Waals surface area contributed by atoms with E-state index in [4.69, 9.17) is 21.1 Å². The van der Waals surface area contributed by atoms with Crippen LogP contribution in [0.15, 0.2) is 84.9 Å². The van der Waals surface area contributed by atoms with Crippen LogP contribution in [0.2, 0.25) is 5.02 Å². The number of amides is 2. The van der Waals surface area contributed by atoms with Crippen molar-refractivity contribution < 1.29 is 19.1 Å². The molecule has 4 aromatic carbocycles. The van der Waals surface area contributed by atoms with Crippen LogP contribution in [0.4, 0.5) is 5.69 Å². The minimum absolute atomic E-state index is 0.0485. The number of hydrogen-bond donors (Lipinski definition) is 1. The van der Waals surface area contributed by atoms with Gasteiger partial charge in [0.05, 0.1) is 13.2 Å². The molecule has 7 rings (SSSR count). The summed E-state index contributed by atoms with van der Waals surface area (Å²) in [5.41, 5.74) is 4.94. The number of anilines is 1. The Morgan fingerprint density at radius 2 is 1.67 bits per heavy atom. The minimum Gasteiger partial charge on any atom is -0.493 e. The van der Waals surface area contributed by atoms with E-state index in [-0.39, 0.29) is 25.0 Å². The number of carbonyl (C=O) groups excluding carboxylic acids is 2. The Balaban J connectivity index is 1.22. The number of nitrogens with zero attached hydrogens (tertiary/aromatic N) is 1. The first kappa shape index (κ1) is 23.8. The third kappa shape index (κ3) is 3.70. The number of ether oxygens (including phenoxy) is 2. The van der Waals surface area contributed by atoms with Gasteiger partial charge in [-0.25, -0.2) is 0 Å². The summed E-state index contributed by atoms with van der Waals surface area (Å²) in [5, 5.41) is 3.58. The van der Waals surface area contributed by atoms with Gasteiger partial charge in [-0.3, -0.25) is 9.59 Å². The summed E-state index contributed by atoms with van der Waals surface area (Å²) in [6.07, 6.45) is 0.814. The van der Waals surface area contributed by atoms with Crippen molar-refractivity contribution in [2.24, 2.45) is 0 Å². The van der Waals surface area contributed by atoms with Gasteiger partial charge in [0.15, 0.2) is 0 Å². The van der Waals surface area contributed by atoms with Crippen molar-refractivity contribution in [1.29, 1.82) is 0 Å². The second kappa shape index (κ2) is 9.17. The Hall–Kier alpha value is -4.29. The maximum absolute atomic E-state index is 14.4. The number of halogens is 1. The third-order valence-electron chi connectivity index (χ3n) is 7.95. The SMILES string of the molecule is O=C(NCc1ccccc1Cl)c1ccccc1CN1C(=O)C2(COc3cc4c(cc32)CCO4)c2ccccc21. The number of nitrogens with one attached hydrogen (secondary N) is 1. The van der Waals surface area contributed by atoms with Crippen LogP contribution in [0.1, 0.15) is 38.2 Å². The average Bonchev–Trinajstić information content (AvgIpc) is 3.64. The van der Waals surface area contributed by atoms with E-state index in [0.29, 0.717) is 29.5 Å². The number of hydrogen-bond acceptors (Lipinski definition) is 4. The maximum atomic E-state index is 14.4. The number of rotatable bonds is 5. The Labute approximate surface area is 231 Å². The summed E-state index contributed by atoms with van der Waals surface area (Å²) in [5.74, 6) is 1.26. The molecule has 0 aromatic heterocycles. The van der Waals surface area contributed by atoms with E-state index in [1.165, 1.54) is 0 Å². The second-order valence-electron chi connectivity index (χ2n) is 10.1. The van der Waals surface area contributed by atoms with Gasteiger partial charge in [0.1, 0.15) is 23.5 Å². The summed E-state index contributed by atoms with van der Waals surface area (Å²) in [7, 11) is 0. The number of benzene rings is 4. The molecule has 2 amide bonds. The van der Waals surface area contributed by atoms with Crippen LogP contribution in [0.25, 0.3) is 0 Å². The number of carbonyl (C=O) groups is 2. The molecule has 6 nitrogen and oxygen atoms in total. The molecule has 194 valence electrons. The highest BCUT2D eigenvalue weighted by Crippen LogP contribution is 2.54. The van der Waals surface area contributed by atoms with Crippen LogP contribution in [0.3, 0.4) is 0 Å². The molecule has 1 unspecified atom stereocenters. The predicted molar refractivity (Wildman–Crippen MR) is 149 cm³/mol. The lowest BCUT2D eigenvalue weighted by Crippen LogP contribution is -2.42. The van der Waals surface area contributed by atoms with Gasteiger partial charge in [-0.2, -0.15) is 0 Å². The largest absolute Gasteiger partial charge is 0.493 e. The van der Waals surface area contributed by atoms with Gasteiger partial charge in [-0.15, -0.1) is 0 Å². The van der Waals surface area contributed by atoms with E-state index in [1.807, 2.05) is 66.7 Å². The molecule has 3 aliphatic heterocycles. The minimum atomic E-state index is -0.926. The van der Waals surface area contributed by atoms with Crippen molar-refractivity contribution in [2.45, 2.75) is 24.9 Å². The Bertz CT molecular complexity index is 1650. The lowest BCUT2D eigenvalue weighted by atomic mass is 9.76. The van der Waals surface area contributed by atoms with Gasteiger partial charge < -0.3 is 19.7 Å². The molecular formula is C32H25ClN2O4. The topological polar surface area (TPSA) is 67.9 Å². The molecule has 3 heterocycles. The monoisotopic (exact) mass is 536 g/mol. The molecular weight excluding hydrogens is 512 g/mol. The summed E-state index contributed by atoms with van der Waals surface area (Å²) < 4.78 is 11.9. The molecule has 0 saturated heterocycles. The predicted octanol–water partition coefficient (Wildman–Crippen LogP) is 5.43. The average molecular weight is 537 g/mol. The first-order valence-electron chi connectivity index (χ1n) is 13.0. The zero-order valence-corrected chi connectivity index (χ0v) is 21.8. The van der Waals surface area contributed by atoms with Crippen LogP contribution < -0.4 is 19.7 Å². The second-order valence-corrected chi connectivity index (χ2v) is 10.5. The number of fused-ring (bicyclic) bond motifs is 5. The van der Waals surface area contributed by atoms with E-state index in [0.717, 1.165) is 45.7 Å². The molecule has 1 N–H and O–H groups in total. The van der Waals surface area contributed by atoms with E-state index in [1.54, 1.807) is 17.0 Å². The fourth-order valence-electron chi connectivity index (χ4n) is 5.97. The quantitative estimate of drug-likeness (QED) is 0.369. The first-order chi connectivity index (χ1) is 19.1. The van der Waals surface area contributed by atoms with Crippen molar-refractivity contribution in [2.75, 3.05) is 18.1 Å². The van der Waals surface area contributed by atoms with E-state index >= 15 is 0 Å². The summed E-state index contributed by atoms with van der Waals surface area (Å²) in [6, 6.07) is 26.7. The zero-order valence-electron chi connectivity index (χ0n) is 21.1. The van der Waals surface area contributed by atoms with Crippen molar-refractivity contribution >= 4 is 29.1 Å². The summed E-state index contributed by atoms with van der Waals surface area (Å²) in [4.78, 5) is 29.5. The van der Waals surface area contributed by atoms with E-state index in [9.17, 15) is 9.59 Å². The van der Waals surface area contributed by atoms with Gasteiger partial charge in [0.2, 0.25) is 5.91 Å². The van der Waals surface area contributed by atoms with Crippen LogP contribution in [-0.4, -0.2) is 25.0 Å². The lowest BCUT2D eigenvalue weighted by Gasteiger charge is -2.24. The molecule has 0 saturated carbocycles. The molecule has 0 bridgehead atoms. The molecule has 1 atom stereocenters. The van der Waals surface area contributed by atoms with Crippen molar-refractivity contribution in [1.82, 2.24) is 5.32 Å². The molecule has 0 radical (unpaired) electrons. The fraction of sp³-hybridized carbons (Fsp3) is 0.188. The van der Waals surface area contributed by atoms with Crippen LogP contribution in [0, 0.1) is 0 Å². The highest BCUT2D eigenvalue weighted by Gasteiger charge is 2.57. The van der Waals surface area contributed by atoms with Crippen molar-refractivity contribution in [3.8, 4) is 11.5 Å². The van der Waals surface area contributed by atoms with E-state index in [2.05, 4.69) is 11.4 Å². The maximum Gasteiger partial charge on any atom is 0.251 e. The zero-order chi connectivity index (χ0) is 26.6. The Morgan fingerprint density at radius 3 is 2.54 bits per heavy atom. The van der Waals surface area contributed by atoms with Gasteiger partial charge in [-0.05, 0) is 46.5 Å².